The van der Waals surface area contributed by atoms with Crippen LogP contribution in [0.2, 0.25) is 5.02 Å². The Balaban J connectivity index is 1.65. The number of anilines is 3. The summed E-state index contributed by atoms with van der Waals surface area (Å²) in [4.78, 5) is 8.48. The molecule has 0 radical (unpaired) electrons. The van der Waals surface area contributed by atoms with Crippen molar-refractivity contribution in [2.75, 3.05) is 10.6 Å². The lowest BCUT2D eigenvalue weighted by Gasteiger charge is -2.09. The highest BCUT2D eigenvalue weighted by Gasteiger charge is 2.00. The molecule has 4 nitrogen and oxygen atoms in total. The number of benzene rings is 2. The first kappa shape index (κ1) is 15.3. The second kappa shape index (κ2) is 7.11. The number of nitrogens with one attached hydrogen (secondary N) is 2. The molecule has 0 bridgehead atoms. The van der Waals surface area contributed by atoms with Crippen molar-refractivity contribution in [2.24, 2.45) is 0 Å². The maximum absolute atomic E-state index is 5.89. The molecule has 2 aromatic carbocycles. The van der Waals surface area contributed by atoms with Gasteiger partial charge in [0.05, 0.1) is 0 Å². The van der Waals surface area contributed by atoms with E-state index in [4.69, 9.17) is 11.6 Å². The van der Waals surface area contributed by atoms with E-state index < -0.39 is 0 Å². The lowest BCUT2D eigenvalue weighted by atomic mass is 10.2. The van der Waals surface area contributed by atoms with E-state index in [1.54, 1.807) is 6.33 Å². The van der Waals surface area contributed by atoms with Crippen LogP contribution in [0, 0.1) is 6.92 Å². The Morgan fingerprint density at radius 2 is 1.61 bits per heavy atom. The largest absolute Gasteiger partial charge is 0.366 e. The third kappa shape index (κ3) is 4.44. The number of hydrogen-bond donors (Lipinski definition) is 2. The molecule has 0 aliphatic carbocycles. The Labute approximate surface area is 140 Å². The molecular formula is C18H17ClN4. The van der Waals surface area contributed by atoms with Gasteiger partial charge < -0.3 is 10.6 Å². The topological polar surface area (TPSA) is 49.8 Å². The molecule has 2 N–H and O–H groups in total. The molecule has 1 heterocycles. The second-order valence-corrected chi connectivity index (χ2v) is 5.70. The zero-order valence-corrected chi connectivity index (χ0v) is 13.5. The molecular weight excluding hydrogens is 308 g/mol. The van der Waals surface area contributed by atoms with Gasteiger partial charge in [0.25, 0.3) is 0 Å². The summed E-state index contributed by atoms with van der Waals surface area (Å²) in [6.07, 6.45) is 1.54. The fourth-order valence-electron chi connectivity index (χ4n) is 2.10. The van der Waals surface area contributed by atoms with Crippen LogP contribution < -0.4 is 10.6 Å². The Kier molecular flexibility index (Phi) is 4.74. The summed E-state index contributed by atoms with van der Waals surface area (Å²) in [7, 11) is 0. The van der Waals surface area contributed by atoms with Crippen LogP contribution in [0.3, 0.4) is 0 Å². The second-order valence-electron chi connectivity index (χ2n) is 5.26. The fourth-order valence-corrected chi connectivity index (χ4v) is 2.23. The van der Waals surface area contributed by atoms with E-state index in [1.807, 2.05) is 42.5 Å². The third-order valence-corrected chi connectivity index (χ3v) is 3.63. The van der Waals surface area contributed by atoms with Crippen molar-refractivity contribution < 1.29 is 0 Å². The highest BCUT2D eigenvalue weighted by atomic mass is 35.5. The van der Waals surface area contributed by atoms with Gasteiger partial charge in [-0.05, 0) is 36.8 Å². The van der Waals surface area contributed by atoms with Crippen LogP contribution in [-0.2, 0) is 6.54 Å². The monoisotopic (exact) mass is 324 g/mol. The van der Waals surface area contributed by atoms with Crippen LogP contribution in [0.15, 0.2) is 60.9 Å². The number of aromatic nitrogens is 2. The van der Waals surface area contributed by atoms with E-state index in [2.05, 4.69) is 39.7 Å². The number of halogens is 1. The quantitative estimate of drug-likeness (QED) is 0.708. The molecule has 0 amide bonds. The van der Waals surface area contributed by atoms with E-state index in [-0.39, 0.29) is 0 Å². The average molecular weight is 325 g/mol. The molecule has 5 heteroatoms. The van der Waals surface area contributed by atoms with Crippen LogP contribution in [-0.4, -0.2) is 9.97 Å². The minimum atomic E-state index is 0.679. The maximum Gasteiger partial charge on any atom is 0.135 e. The molecule has 0 saturated carbocycles. The zero-order valence-electron chi connectivity index (χ0n) is 12.8. The minimum Gasteiger partial charge on any atom is -0.366 e. The molecule has 0 aliphatic heterocycles. The van der Waals surface area contributed by atoms with Crippen molar-refractivity contribution in [1.82, 2.24) is 9.97 Å². The van der Waals surface area contributed by atoms with Gasteiger partial charge in [-0.15, -0.1) is 0 Å². The summed E-state index contributed by atoms with van der Waals surface area (Å²) in [5, 5.41) is 7.29. The van der Waals surface area contributed by atoms with E-state index in [1.165, 1.54) is 5.56 Å². The molecule has 1 aromatic heterocycles. The van der Waals surface area contributed by atoms with Crippen LogP contribution in [0.1, 0.15) is 11.1 Å². The summed E-state index contributed by atoms with van der Waals surface area (Å²) < 4.78 is 0. The van der Waals surface area contributed by atoms with Crippen molar-refractivity contribution in [2.45, 2.75) is 13.5 Å². The molecule has 0 fully saturated rings. The summed E-state index contributed by atoms with van der Waals surface area (Å²) >= 11 is 5.89. The lowest BCUT2D eigenvalue weighted by molar-refractivity contribution is 1.08. The van der Waals surface area contributed by atoms with Gasteiger partial charge in [-0.1, -0.05) is 41.4 Å². The van der Waals surface area contributed by atoms with Gasteiger partial charge in [-0.2, -0.15) is 0 Å². The van der Waals surface area contributed by atoms with Crippen molar-refractivity contribution in [3.8, 4) is 0 Å². The Bertz CT molecular complexity index is 770. The highest BCUT2D eigenvalue weighted by molar-refractivity contribution is 6.30. The number of rotatable bonds is 5. The van der Waals surface area contributed by atoms with E-state index >= 15 is 0 Å². The van der Waals surface area contributed by atoms with Gasteiger partial charge in [0.1, 0.15) is 18.0 Å². The minimum absolute atomic E-state index is 0.679. The standard InChI is InChI=1S/C18H17ClN4/c1-13-2-8-16(9-3-13)23-18-10-17(21-12-22-18)20-11-14-4-6-15(19)7-5-14/h2-10,12H,11H2,1H3,(H2,20,21,22,23). The maximum atomic E-state index is 5.89. The molecule has 0 spiro atoms. The Morgan fingerprint density at radius 3 is 2.35 bits per heavy atom. The van der Waals surface area contributed by atoms with Gasteiger partial charge in [0.2, 0.25) is 0 Å². The van der Waals surface area contributed by atoms with Gasteiger partial charge in [0, 0.05) is 23.3 Å². The van der Waals surface area contributed by atoms with Gasteiger partial charge in [-0.3, -0.25) is 0 Å². The van der Waals surface area contributed by atoms with E-state index in [0.717, 1.165) is 27.9 Å². The first-order valence-corrected chi connectivity index (χ1v) is 7.71. The summed E-state index contributed by atoms with van der Waals surface area (Å²) in [6.45, 7) is 2.74. The van der Waals surface area contributed by atoms with Gasteiger partial charge in [-0.25, -0.2) is 9.97 Å². The molecule has 116 valence electrons. The smallest absolute Gasteiger partial charge is 0.135 e. The number of nitrogens with zero attached hydrogens (tertiary/aromatic N) is 2. The summed E-state index contributed by atoms with van der Waals surface area (Å²) in [5.41, 5.74) is 3.36. The van der Waals surface area contributed by atoms with Crippen LogP contribution in [0.4, 0.5) is 17.3 Å². The van der Waals surface area contributed by atoms with Crippen LogP contribution in [0.25, 0.3) is 0 Å². The number of aryl methyl sites for hydroxylation is 1. The predicted molar refractivity (Wildman–Crippen MR) is 95.3 cm³/mol. The fraction of sp³-hybridized carbons (Fsp3) is 0.111. The molecule has 0 aliphatic rings. The van der Waals surface area contributed by atoms with Gasteiger partial charge >= 0.3 is 0 Å². The molecule has 0 unspecified atom stereocenters. The van der Waals surface area contributed by atoms with Gasteiger partial charge in [0.15, 0.2) is 0 Å². The van der Waals surface area contributed by atoms with Crippen molar-refractivity contribution in [3.63, 3.8) is 0 Å². The third-order valence-electron chi connectivity index (χ3n) is 3.38. The molecule has 3 rings (SSSR count). The van der Waals surface area contributed by atoms with Crippen LogP contribution in [0.5, 0.6) is 0 Å². The van der Waals surface area contributed by atoms with E-state index in [0.29, 0.717) is 6.54 Å². The Hall–Kier alpha value is -2.59. The average Bonchev–Trinajstić information content (AvgIpc) is 2.57. The Morgan fingerprint density at radius 1 is 0.913 bits per heavy atom. The summed E-state index contributed by atoms with van der Waals surface area (Å²) in [6, 6.07) is 17.8. The first-order valence-electron chi connectivity index (χ1n) is 7.33. The summed E-state index contributed by atoms with van der Waals surface area (Å²) in [5.74, 6) is 1.52. The number of hydrogen-bond acceptors (Lipinski definition) is 4. The lowest BCUT2D eigenvalue weighted by Crippen LogP contribution is -2.03. The van der Waals surface area contributed by atoms with Crippen molar-refractivity contribution in [3.05, 3.63) is 77.1 Å². The first-order chi connectivity index (χ1) is 11.2. The molecule has 0 atom stereocenters. The SMILES string of the molecule is Cc1ccc(Nc2cc(NCc3ccc(Cl)cc3)ncn2)cc1. The molecule has 0 saturated heterocycles. The molecule has 23 heavy (non-hydrogen) atoms. The zero-order chi connectivity index (χ0) is 16.1. The predicted octanol–water partition coefficient (Wildman–Crippen LogP) is 4.79. The van der Waals surface area contributed by atoms with E-state index in [9.17, 15) is 0 Å². The normalized spacial score (nSPS) is 10.3. The van der Waals surface area contributed by atoms with Crippen molar-refractivity contribution >= 4 is 28.9 Å². The highest BCUT2D eigenvalue weighted by Crippen LogP contribution is 2.17. The van der Waals surface area contributed by atoms with Crippen LogP contribution >= 0.6 is 11.6 Å². The molecule has 3 aromatic rings. The van der Waals surface area contributed by atoms with Crippen molar-refractivity contribution in [1.29, 1.82) is 0 Å².